The molecule has 1 aliphatic rings. The van der Waals surface area contributed by atoms with E-state index in [1.165, 1.54) is 11.2 Å². The number of hydrogen-bond acceptors (Lipinski definition) is 6. The summed E-state index contributed by atoms with van der Waals surface area (Å²) < 4.78 is 10.7. The predicted octanol–water partition coefficient (Wildman–Crippen LogP) is 0.973. The van der Waals surface area contributed by atoms with Gasteiger partial charge in [0.1, 0.15) is 11.9 Å². The van der Waals surface area contributed by atoms with Crippen molar-refractivity contribution < 1.29 is 28.3 Å². The number of likely N-dealkylation sites (N-methyl/N-ethyl adjacent to an activating group) is 1. The van der Waals surface area contributed by atoms with E-state index >= 15 is 0 Å². The molecular weight excluding hydrogens is 342 g/mol. The Labute approximate surface area is 149 Å². The second kappa shape index (κ2) is 7.44. The smallest absolute Gasteiger partial charge is 0.324 e. The highest BCUT2D eigenvalue weighted by Gasteiger charge is 2.35. The number of piperazine rings is 1. The van der Waals surface area contributed by atoms with E-state index in [2.05, 4.69) is 5.32 Å². The molecule has 3 rings (SSSR count). The van der Waals surface area contributed by atoms with Gasteiger partial charge in [-0.2, -0.15) is 0 Å². The highest BCUT2D eigenvalue weighted by atomic mass is 16.4. The molecule has 0 spiro atoms. The lowest BCUT2D eigenvalue weighted by Crippen LogP contribution is -2.58. The summed E-state index contributed by atoms with van der Waals surface area (Å²) in [5.74, 6) is -0.362. The van der Waals surface area contributed by atoms with Crippen LogP contribution in [-0.2, 0) is 9.59 Å². The monoisotopic (exact) mass is 361 g/mol. The van der Waals surface area contributed by atoms with Gasteiger partial charge in [0.05, 0.1) is 12.8 Å². The fourth-order valence-electron chi connectivity index (χ4n) is 2.63. The average molecular weight is 361 g/mol. The highest BCUT2D eigenvalue weighted by Crippen LogP contribution is 2.25. The Morgan fingerprint density at radius 1 is 1.23 bits per heavy atom. The van der Waals surface area contributed by atoms with Crippen LogP contribution in [0.15, 0.2) is 39.4 Å². The van der Waals surface area contributed by atoms with E-state index in [-0.39, 0.29) is 18.8 Å². The Bertz CT molecular complexity index is 797. The van der Waals surface area contributed by atoms with Crippen molar-refractivity contribution in [2.24, 2.45) is 0 Å². The first kappa shape index (κ1) is 17.7. The fraction of sp³-hybridized carbons (Fsp3) is 0.353. The van der Waals surface area contributed by atoms with Gasteiger partial charge in [-0.15, -0.1) is 0 Å². The van der Waals surface area contributed by atoms with Crippen LogP contribution < -0.4 is 5.32 Å². The van der Waals surface area contributed by atoms with Crippen LogP contribution >= 0.6 is 0 Å². The normalized spacial score (nSPS) is 16.1. The number of urea groups is 1. The van der Waals surface area contributed by atoms with Crippen LogP contribution in [0, 0.1) is 0 Å². The van der Waals surface area contributed by atoms with Crippen molar-refractivity contribution in [3.8, 4) is 11.5 Å². The summed E-state index contributed by atoms with van der Waals surface area (Å²) >= 11 is 0. The van der Waals surface area contributed by atoms with Crippen molar-refractivity contribution in [1.29, 1.82) is 0 Å². The van der Waals surface area contributed by atoms with E-state index in [0.29, 0.717) is 24.6 Å². The highest BCUT2D eigenvalue weighted by molar-refractivity contribution is 6.38. The second-order valence-electron chi connectivity index (χ2n) is 5.72. The fourth-order valence-corrected chi connectivity index (χ4v) is 2.63. The molecule has 0 bridgehead atoms. The Kier molecular flexibility index (Phi) is 5.08. The van der Waals surface area contributed by atoms with Gasteiger partial charge in [-0.05, 0) is 31.2 Å². The van der Waals surface area contributed by atoms with Crippen molar-refractivity contribution in [2.45, 2.75) is 13.0 Å². The summed E-state index contributed by atoms with van der Waals surface area (Å²) in [5.41, 5.74) is 0. The van der Waals surface area contributed by atoms with Gasteiger partial charge in [-0.3, -0.25) is 14.5 Å². The minimum Gasteiger partial charge on any atom is -0.461 e. The zero-order valence-corrected chi connectivity index (χ0v) is 14.2. The quantitative estimate of drug-likeness (QED) is 0.767. The summed E-state index contributed by atoms with van der Waals surface area (Å²) in [4.78, 5) is 38.2. The van der Waals surface area contributed by atoms with Gasteiger partial charge >= 0.3 is 17.8 Å². The maximum Gasteiger partial charge on any atom is 0.324 e. The van der Waals surface area contributed by atoms with Gasteiger partial charge in [0.25, 0.3) is 0 Å². The molecule has 0 saturated carbocycles. The maximum absolute atomic E-state index is 12.1. The Balaban J connectivity index is 1.56. The first-order chi connectivity index (χ1) is 12.5. The molecule has 0 aromatic carbocycles. The lowest BCUT2D eigenvalue weighted by atomic mass is 10.2. The lowest BCUT2D eigenvalue weighted by Gasteiger charge is -2.31. The molecule has 0 aliphatic carbocycles. The molecule has 2 aromatic heterocycles. The van der Waals surface area contributed by atoms with Crippen LogP contribution in [-0.4, -0.2) is 58.9 Å². The number of amides is 4. The number of carbonyl (C=O) groups is 3. The molecule has 26 heavy (non-hydrogen) atoms. The van der Waals surface area contributed by atoms with Crippen LogP contribution in [0.1, 0.15) is 18.8 Å². The number of aliphatic hydroxyl groups excluding tert-OH is 1. The average Bonchev–Trinajstić information content (AvgIpc) is 3.32. The molecule has 2 N–H and O–H groups in total. The number of hydrogen-bond donors (Lipinski definition) is 2. The Hall–Kier alpha value is -3.07. The van der Waals surface area contributed by atoms with Crippen LogP contribution in [0.3, 0.4) is 0 Å². The first-order valence-electron chi connectivity index (χ1n) is 8.21. The van der Waals surface area contributed by atoms with Crippen molar-refractivity contribution >= 4 is 17.8 Å². The molecule has 3 heterocycles. The zero-order chi connectivity index (χ0) is 18.7. The van der Waals surface area contributed by atoms with Crippen LogP contribution in [0.2, 0.25) is 0 Å². The minimum absolute atomic E-state index is 0.115. The third-order valence-corrected chi connectivity index (χ3v) is 4.10. The first-order valence-corrected chi connectivity index (χ1v) is 8.21. The zero-order valence-electron chi connectivity index (χ0n) is 14.2. The maximum atomic E-state index is 12.1. The summed E-state index contributed by atoms with van der Waals surface area (Å²) in [7, 11) is 0. The van der Waals surface area contributed by atoms with Crippen molar-refractivity contribution in [3.05, 3.63) is 36.3 Å². The van der Waals surface area contributed by atoms with Crippen LogP contribution in [0.5, 0.6) is 0 Å². The van der Waals surface area contributed by atoms with Gasteiger partial charge < -0.3 is 24.2 Å². The van der Waals surface area contributed by atoms with Gasteiger partial charge in [-0.25, -0.2) is 4.79 Å². The number of carbonyl (C=O) groups excluding carboxylic acids is 3. The number of rotatable bonds is 5. The number of imide groups is 1. The van der Waals surface area contributed by atoms with E-state index in [9.17, 15) is 19.5 Å². The minimum atomic E-state index is -1.11. The SMILES string of the molecule is CCN1CCN(C(=O)NCC(O)c2ccc(-c3ccco3)o2)C(=O)C1=O. The number of nitrogens with one attached hydrogen (secondary N) is 1. The molecule has 1 unspecified atom stereocenters. The summed E-state index contributed by atoms with van der Waals surface area (Å²) in [6.07, 6.45) is 0.399. The van der Waals surface area contributed by atoms with Crippen LogP contribution in [0.25, 0.3) is 11.5 Å². The molecule has 4 amide bonds. The van der Waals surface area contributed by atoms with Gasteiger partial charge in [-0.1, -0.05) is 0 Å². The van der Waals surface area contributed by atoms with E-state index in [4.69, 9.17) is 8.83 Å². The second-order valence-corrected chi connectivity index (χ2v) is 5.72. The molecule has 2 aromatic rings. The van der Waals surface area contributed by atoms with E-state index in [1.54, 1.807) is 31.2 Å². The third-order valence-electron chi connectivity index (χ3n) is 4.10. The number of nitrogens with zero attached hydrogens (tertiary/aromatic N) is 2. The molecule has 9 nitrogen and oxygen atoms in total. The molecule has 0 radical (unpaired) electrons. The predicted molar refractivity (Wildman–Crippen MR) is 88.7 cm³/mol. The topological polar surface area (TPSA) is 116 Å². The van der Waals surface area contributed by atoms with Crippen LogP contribution in [0.4, 0.5) is 4.79 Å². The largest absolute Gasteiger partial charge is 0.461 e. The van der Waals surface area contributed by atoms with Gasteiger partial charge in [0, 0.05) is 19.6 Å². The summed E-state index contributed by atoms with van der Waals surface area (Å²) in [5, 5.41) is 12.6. The molecule has 1 atom stereocenters. The summed E-state index contributed by atoms with van der Waals surface area (Å²) in [6, 6.07) is 5.92. The molecular formula is C17H19N3O6. The molecule has 138 valence electrons. The summed E-state index contributed by atoms with van der Waals surface area (Å²) in [6.45, 7) is 2.41. The van der Waals surface area contributed by atoms with Gasteiger partial charge in [0.2, 0.25) is 0 Å². The van der Waals surface area contributed by atoms with E-state index in [1.807, 2.05) is 0 Å². The van der Waals surface area contributed by atoms with E-state index in [0.717, 1.165) is 4.90 Å². The number of aliphatic hydroxyl groups is 1. The molecule has 1 aliphatic heterocycles. The lowest BCUT2D eigenvalue weighted by molar-refractivity contribution is -0.153. The molecule has 9 heteroatoms. The van der Waals surface area contributed by atoms with E-state index < -0.39 is 23.9 Å². The Morgan fingerprint density at radius 2 is 2.04 bits per heavy atom. The number of furan rings is 2. The third kappa shape index (κ3) is 3.47. The van der Waals surface area contributed by atoms with Crippen molar-refractivity contribution in [2.75, 3.05) is 26.2 Å². The van der Waals surface area contributed by atoms with Crippen molar-refractivity contribution in [3.63, 3.8) is 0 Å². The van der Waals surface area contributed by atoms with Crippen molar-refractivity contribution in [1.82, 2.24) is 15.1 Å². The standard InChI is InChI=1S/C17H19N3O6/c1-2-19-7-8-20(16(23)15(19)22)17(24)18-10-11(21)12-5-6-14(26-12)13-4-3-9-25-13/h3-6,9,11,21H,2,7-8,10H2,1H3,(H,18,24). The molecule has 1 fully saturated rings. The van der Waals surface area contributed by atoms with Gasteiger partial charge in [0.15, 0.2) is 11.5 Å². The molecule has 1 saturated heterocycles. The Morgan fingerprint density at radius 3 is 2.73 bits per heavy atom.